The molecule has 1 aromatic carbocycles. The number of rotatable bonds is 3. The zero-order valence-corrected chi connectivity index (χ0v) is 14.9. The summed E-state index contributed by atoms with van der Waals surface area (Å²) in [6, 6.07) is 5.33. The number of nitrogens with one attached hydrogen (secondary N) is 1. The standard InChI is InChI=1S/C19H20FNO3S/c1-24-19(23)16-14-6-4-2-3-5-7-15(14)25-18(16)21-17(22)12-8-10-13(20)11-9-12/h8-11H,2-7H2,1H3,(H,21,22). The second-order valence-corrected chi connectivity index (χ2v) is 7.18. The third kappa shape index (κ3) is 3.90. The van der Waals surface area contributed by atoms with Gasteiger partial charge in [0.25, 0.3) is 5.91 Å². The lowest BCUT2D eigenvalue weighted by Gasteiger charge is -2.11. The molecule has 25 heavy (non-hydrogen) atoms. The zero-order chi connectivity index (χ0) is 17.8. The summed E-state index contributed by atoms with van der Waals surface area (Å²) in [5, 5.41) is 3.34. The molecule has 3 rings (SSSR count). The maximum Gasteiger partial charge on any atom is 0.341 e. The molecule has 0 aliphatic heterocycles. The molecule has 1 aliphatic rings. The van der Waals surface area contributed by atoms with Crippen molar-refractivity contribution in [3.8, 4) is 0 Å². The normalized spacial score (nSPS) is 14.2. The molecule has 0 atom stereocenters. The van der Waals surface area contributed by atoms with Gasteiger partial charge in [0.05, 0.1) is 12.7 Å². The van der Waals surface area contributed by atoms with Gasteiger partial charge in [0.1, 0.15) is 10.8 Å². The minimum absolute atomic E-state index is 0.345. The predicted octanol–water partition coefficient (Wildman–Crippen LogP) is 4.59. The number of amides is 1. The van der Waals surface area contributed by atoms with Crippen molar-refractivity contribution in [2.24, 2.45) is 0 Å². The summed E-state index contributed by atoms with van der Waals surface area (Å²) < 4.78 is 18.0. The zero-order valence-electron chi connectivity index (χ0n) is 14.1. The molecule has 6 heteroatoms. The van der Waals surface area contributed by atoms with Crippen LogP contribution in [0.4, 0.5) is 9.39 Å². The molecule has 0 unspecified atom stereocenters. The van der Waals surface area contributed by atoms with Gasteiger partial charge < -0.3 is 10.1 Å². The number of benzene rings is 1. The Morgan fingerprint density at radius 2 is 1.76 bits per heavy atom. The smallest absolute Gasteiger partial charge is 0.341 e. The highest BCUT2D eigenvalue weighted by Crippen LogP contribution is 2.37. The Morgan fingerprint density at radius 1 is 1.08 bits per heavy atom. The molecule has 0 radical (unpaired) electrons. The highest BCUT2D eigenvalue weighted by molar-refractivity contribution is 7.17. The quantitative estimate of drug-likeness (QED) is 0.814. The van der Waals surface area contributed by atoms with Crippen molar-refractivity contribution in [3.05, 3.63) is 51.7 Å². The van der Waals surface area contributed by atoms with Crippen LogP contribution in [0.5, 0.6) is 0 Å². The van der Waals surface area contributed by atoms with Gasteiger partial charge in [0, 0.05) is 10.4 Å². The molecular formula is C19H20FNO3S. The second kappa shape index (κ2) is 7.78. The van der Waals surface area contributed by atoms with Crippen molar-refractivity contribution in [2.75, 3.05) is 12.4 Å². The van der Waals surface area contributed by atoms with E-state index in [4.69, 9.17) is 4.74 Å². The molecule has 0 spiro atoms. The average Bonchev–Trinajstić information content (AvgIpc) is 2.91. The van der Waals surface area contributed by atoms with Gasteiger partial charge in [-0.15, -0.1) is 11.3 Å². The van der Waals surface area contributed by atoms with Crippen LogP contribution in [0.15, 0.2) is 24.3 Å². The summed E-state index contributed by atoms with van der Waals surface area (Å²) in [6.45, 7) is 0. The molecule has 2 aromatic rings. The Labute approximate surface area is 150 Å². The number of methoxy groups -OCH3 is 1. The number of ether oxygens (including phenoxy) is 1. The fourth-order valence-electron chi connectivity index (χ4n) is 3.10. The third-order valence-corrected chi connectivity index (χ3v) is 5.60. The fraction of sp³-hybridized carbons (Fsp3) is 0.368. The van der Waals surface area contributed by atoms with Crippen LogP contribution in [0.3, 0.4) is 0 Å². The van der Waals surface area contributed by atoms with E-state index in [1.807, 2.05) is 0 Å². The van der Waals surface area contributed by atoms with Crippen molar-refractivity contribution in [1.29, 1.82) is 0 Å². The monoisotopic (exact) mass is 361 g/mol. The Kier molecular flexibility index (Phi) is 5.48. The summed E-state index contributed by atoms with van der Waals surface area (Å²) in [6.07, 6.45) is 6.17. The van der Waals surface area contributed by atoms with Gasteiger partial charge in [-0.2, -0.15) is 0 Å². The van der Waals surface area contributed by atoms with Crippen LogP contribution in [-0.4, -0.2) is 19.0 Å². The lowest BCUT2D eigenvalue weighted by molar-refractivity contribution is 0.0601. The molecule has 132 valence electrons. The molecular weight excluding hydrogens is 341 g/mol. The van der Waals surface area contributed by atoms with Crippen molar-refractivity contribution < 1.29 is 18.7 Å². The SMILES string of the molecule is COC(=O)c1c(NC(=O)c2ccc(F)cc2)sc2c1CCCCCC2. The molecule has 4 nitrogen and oxygen atoms in total. The first kappa shape index (κ1) is 17.6. The number of thiophene rings is 1. The molecule has 0 fully saturated rings. The van der Waals surface area contributed by atoms with E-state index in [2.05, 4.69) is 5.32 Å². The second-order valence-electron chi connectivity index (χ2n) is 6.07. The van der Waals surface area contributed by atoms with Crippen LogP contribution in [-0.2, 0) is 17.6 Å². The van der Waals surface area contributed by atoms with Crippen molar-refractivity contribution in [1.82, 2.24) is 0 Å². The number of carbonyl (C=O) groups excluding carboxylic acids is 2. The predicted molar refractivity (Wildman–Crippen MR) is 95.9 cm³/mol. The summed E-state index contributed by atoms with van der Waals surface area (Å²) in [5.41, 5.74) is 1.82. The van der Waals surface area contributed by atoms with Crippen molar-refractivity contribution in [2.45, 2.75) is 38.5 Å². The summed E-state index contributed by atoms with van der Waals surface area (Å²) >= 11 is 1.45. The minimum Gasteiger partial charge on any atom is -0.465 e. The van der Waals surface area contributed by atoms with Crippen LogP contribution < -0.4 is 5.32 Å². The first-order valence-electron chi connectivity index (χ1n) is 8.40. The Balaban J connectivity index is 1.94. The van der Waals surface area contributed by atoms with E-state index in [1.165, 1.54) is 49.1 Å². The van der Waals surface area contributed by atoms with Gasteiger partial charge in [-0.3, -0.25) is 4.79 Å². The number of fused-ring (bicyclic) bond motifs is 1. The van der Waals surface area contributed by atoms with Crippen LogP contribution in [0, 0.1) is 5.82 Å². The van der Waals surface area contributed by atoms with Gasteiger partial charge in [0.15, 0.2) is 0 Å². The lowest BCUT2D eigenvalue weighted by Crippen LogP contribution is -2.14. The Bertz CT molecular complexity index is 783. The van der Waals surface area contributed by atoms with Crippen molar-refractivity contribution >= 4 is 28.2 Å². The molecule has 0 bridgehead atoms. The lowest BCUT2D eigenvalue weighted by atomic mass is 9.96. The van der Waals surface area contributed by atoms with E-state index in [-0.39, 0.29) is 5.91 Å². The number of halogens is 1. The third-order valence-electron chi connectivity index (χ3n) is 4.39. The number of esters is 1. The highest BCUT2D eigenvalue weighted by atomic mass is 32.1. The first-order valence-corrected chi connectivity index (χ1v) is 9.21. The van der Waals surface area contributed by atoms with Crippen molar-refractivity contribution in [3.63, 3.8) is 0 Å². The molecule has 0 saturated carbocycles. The highest BCUT2D eigenvalue weighted by Gasteiger charge is 2.26. The van der Waals surface area contributed by atoms with Crippen LogP contribution in [0.1, 0.15) is 56.8 Å². The molecule has 1 aliphatic carbocycles. The summed E-state index contributed by atoms with van der Waals surface area (Å²) in [4.78, 5) is 25.9. The van der Waals surface area contributed by atoms with E-state index in [0.29, 0.717) is 16.1 Å². The number of aryl methyl sites for hydroxylation is 1. The average molecular weight is 361 g/mol. The minimum atomic E-state index is -0.424. The number of hydrogen-bond donors (Lipinski definition) is 1. The molecule has 1 heterocycles. The summed E-state index contributed by atoms with van der Waals surface area (Å²) in [5.74, 6) is -1.18. The Hall–Kier alpha value is -2.21. The maximum atomic E-state index is 13.0. The number of hydrogen-bond acceptors (Lipinski definition) is 4. The van der Waals surface area contributed by atoms with Gasteiger partial charge in [-0.25, -0.2) is 9.18 Å². The maximum absolute atomic E-state index is 13.0. The topological polar surface area (TPSA) is 55.4 Å². The van der Waals surface area contributed by atoms with Crippen LogP contribution in [0.25, 0.3) is 0 Å². The summed E-state index contributed by atoms with van der Waals surface area (Å²) in [7, 11) is 1.35. The molecule has 1 amide bonds. The fourth-order valence-corrected chi connectivity index (χ4v) is 4.37. The molecule has 1 N–H and O–H groups in total. The number of anilines is 1. The Morgan fingerprint density at radius 3 is 2.44 bits per heavy atom. The largest absolute Gasteiger partial charge is 0.465 e. The van der Waals surface area contributed by atoms with E-state index in [9.17, 15) is 14.0 Å². The van der Waals surface area contributed by atoms with Gasteiger partial charge in [-0.1, -0.05) is 12.8 Å². The molecule has 0 saturated heterocycles. The van der Waals surface area contributed by atoms with Crippen LogP contribution in [0.2, 0.25) is 0 Å². The van der Waals surface area contributed by atoms with E-state index in [0.717, 1.165) is 42.5 Å². The first-order chi connectivity index (χ1) is 12.1. The van der Waals surface area contributed by atoms with Gasteiger partial charge in [-0.05, 0) is 55.5 Å². The van der Waals surface area contributed by atoms with E-state index in [1.54, 1.807) is 0 Å². The molecule has 1 aromatic heterocycles. The van der Waals surface area contributed by atoms with E-state index >= 15 is 0 Å². The van der Waals surface area contributed by atoms with Crippen LogP contribution >= 0.6 is 11.3 Å². The van der Waals surface area contributed by atoms with E-state index < -0.39 is 11.8 Å². The number of carbonyl (C=O) groups is 2. The van der Waals surface area contributed by atoms with Gasteiger partial charge >= 0.3 is 5.97 Å². The van der Waals surface area contributed by atoms with Gasteiger partial charge in [0.2, 0.25) is 0 Å².